The maximum Gasteiger partial charge on any atom is 0.251 e. The van der Waals surface area contributed by atoms with Crippen molar-refractivity contribution >= 4 is 11.8 Å². The molecule has 3 fully saturated rings. The molecule has 1 aliphatic carbocycles. The molecule has 5 rings (SSSR count). The summed E-state index contributed by atoms with van der Waals surface area (Å²) in [5.41, 5.74) is 1.95. The van der Waals surface area contributed by atoms with E-state index in [0.29, 0.717) is 29.7 Å². The van der Waals surface area contributed by atoms with Crippen LogP contribution in [0.2, 0.25) is 0 Å². The van der Waals surface area contributed by atoms with Crippen LogP contribution in [0.5, 0.6) is 5.75 Å². The Labute approximate surface area is 196 Å². The van der Waals surface area contributed by atoms with Crippen molar-refractivity contribution in [2.75, 3.05) is 13.7 Å². The van der Waals surface area contributed by atoms with Crippen molar-refractivity contribution in [3.63, 3.8) is 0 Å². The Morgan fingerprint density at radius 3 is 2.61 bits per heavy atom. The number of nitrogens with one attached hydrogen (secondary N) is 1. The van der Waals surface area contributed by atoms with E-state index in [4.69, 9.17) is 4.74 Å². The Balaban J connectivity index is 1.44. The topological polar surface area (TPSA) is 58.6 Å². The normalized spacial score (nSPS) is 29.1. The number of carbonyl (C=O) groups excluding carboxylic acids is 2. The van der Waals surface area contributed by atoms with Crippen LogP contribution in [-0.4, -0.2) is 41.9 Å². The highest BCUT2D eigenvalue weighted by atomic mass is 16.5. The average molecular weight is 447 g/mol. The molecule has 3 aliphatic rings. The van der Waals surface area contributed by atoms with Crippen molar-refractivity contribution in [2.45, 2.75) is 62.9 Å². The molecule has 2 heterocycles. The molecule has 0 bridgehead atoms. The van der Waals surface area contributed by atoms with Crippen LogP contribution in [0.25, 0.3) is 0 Å². The maximum atomic E-state index is 13.2. The minimum Gasteiger partial charge on any atom is -0.497 e. The van der Waals surface area contributed by atoms with Gasteiger partial charge in [-0.1, -0.05) is 30.3 Å². The molecule has 2 aromatic carbocycles. The van der Waals surface area contributed by atoms with Crippen molar-refractivity contribution in [3.8, 4) is 5.75 Å². The van der Waals surface area contributed by atoms with Gasteiger partial charge in [-0.25, -0.2) is 0 Å². The lowest BCUT2D eigenvalue weighted by Crippen LogP contribution is -2.60. The van der Waals surface area contributed by atoms with Gasteiger partial charge in [0.15, 0.2) is 0 Å². The molecule has 4 atom stereocenters. The molecule has 5 heteroatoms. The van der Waals surface area contributed by atoms with E-state index in [1.165, 1.54) is 5.56 Å². The van der Waals surface area contributed by atoms with E-state index >= 15 is 0 Å². The zero-order valence-electron chi connectivity index (χ0n) is 19.5. The summed E-state index contributed by atoms with van der Waals surface area (Å²) in [5, 5.41) is 3.40. The monoisotopic (exact) mass is 446 g/mol. The van der Waals surface area contributed by atoms with Crippen LogP contribution in [-0.2, 0) is 11.2 Å². The summed E-state index contributed by atoms with van der Waals surface area (Å²) in [5.74, 6) is 1.80. The standard InChI is InChI=1S/C28H34N2O3/c1-33-22-13-11-21(12-14-22)27(32)29-25-15-17-28-16-6-18-30(28)26(31)10-5-9-24(28)23(25)19-20-7-3-2-4-8-20/h2-4,7-8,11-14,23-25H,5-6,9-10,15-19H2,1H3,(H,29,32)/t23-,24+,25+,28-/m1/s1. The molecule has 2 amide bonds. The van der Waals surface area contributed by atoms with Crippen LogP contribution in [0, 0.1) is 11.8 Å². The molecular weight excluding hydrogens is 412 g/mol. The van der Waals surface area contributed by atoms with E-state index in [0.717, 1.165) is 57.2 Å². The second-order valence-corrected chi connectivity index (χ2v) is 9.95. The molecular formula is C28H34N2O3. The Bertz CT molecular complexity index is 990. The fourth-order valence-electron chi connectivity index (χ4n) is 6.84. The molecule has 1 saturated carbocycles. The average Bonchev–Trinajstić information content (AvgIpc) is 3.21. The van der Waals surface area contributed by atoms with Gasteiger partial charge >= 0.3 is 0 Å². The highest BCUT2D eigenvalue weighted by Gasteiger charge is 2.56. The van der Waals surface area contributed by atoms with Crippen molar-refractivity contribution in [3.05, 3.63) is 65.7 Å². The molecule has 0 radical (unpaired) electrons. The number of nitrogens with zero attached hydrogens (tertiary/aromatic N) is 1. The predicted molar refractivity (Wildman–Crippen MR) is 128 cm³/mol. The van der Waals surface area contributed by atoms with Gasteiger partial charge in [-0.2, -0.15) is 0 Å². The summed E-state index contributed by atoms with van der Waals surface area (Å²) < 4.78 is 5.24. The summed E-state index contributed by atoms with van der Waals surface area (Å²) >= 11 is 0. The Morgan fingerprint density at radius 1 is 1.06 bits per heavy atom. The largest absolute Gasteiger partial charge is 0.497 e. The van der Waals surface area contributed by atoms with Gasteiger partial charge in [0.25, 0.3) is 5.91 Å². The smallest absolute Gasteiger partial charge is 0.251 e. The first-order valence-corrected chi connectivity index (χ1v) is 12.4. The SMILES string of the molecule is COc1ccc(C(=O)N[C@H]2CC[C@@]34CCCN3C(=O)CCC[C@H]4[C@H]2Cc2ccccc2)cc1. The Hall–Kier alpha value is -2.82. The summed E-state index contributed by atoms with van der Waals surface area (Å²) in [7, 11) is 1.63. The number of hydrogen-bond acceptors (Lipinski definition) is 3. The van der Waals surface area contributed by atoms with Gasteiger partial charge < -0.3 is 15.0 Å². The van der Waals surface area contributed by atoms with Gasteiger partial charge in [-0.05, 0) is 86.6 Å². The lowest BCUT2D eigenvalue weighted by atomic mass is 9.61. The van der Waals surface area contributed by atoms with E-state index in [1.54, 1.807) is 7.11 Å². The molecule has 0 aromatic heterocycles. The van der Waals surface area contributed by atoms with Crippen LogP contribution in [0.1, 0.15) is 60.9 Å². The summed E-state index contributed by atoms with van der Waals surface area (Å²) in [4.78, 5) is 28.4. The molecule has 174 valence electrons. The third-order valence-electron chi connectivity index (χ3n) is 8.33. The van der Waals surface area contributed by atoms with E-state index in [-0.39, 0.29) is 17.5 Å². The molecule has 2 saturated heterocycles. The second kappa shape index (κ2) is 9.20. The zero-order chi connectivity index (χ0) is 22.8. The van der Waals surface area contributed by atoms with E-state index in [1.807, 2.05) is 24.3 Å². The van der Waals surface area contributed by atoms with Gasteiger partial charge in [-0.15, -0.1) is 0 Å². The van der Waals surface area contributed by atoms with Crippen LogP contribution in [0.15, 0.2) is 54.6 Å². The number of benzene rings is 2. The molecule has 2 aliphatic heterocycles. The van der Waals surface area contributed by atoms with E-state index < -0.39 is 0 Å². The zero-order valence-corrected chi connectivity index (χ0v) is 19.5. The van der Waals surface area contributed by atoms with Gasteiger partial charge in [0.05, 0.1) is 7.11 Å². The fourth-order valence-corrected chi connectivity index (χ4v) is 6.84. The first-order valence-electron chi connectivity index (χ1n) is 12.4. The summed E-state index contributed by atoms with van der Waals surface area (Å²) in [6.45, 7) is 0.899. The van der Waals surface area contributed by atoms with Gasteiger partial charge in [0.2, 0.25) is 5.91 Å². The van der Waals surface area contributed by atoms with E-state index in [2.05, 4.69) is 40.5 Å². The first kappa shape index (κ1) is 22.0. The lowest BCUT2D eigenvalue weighted by Gasteiger charge is -2.53. The van der Waals surface area contributed by atoms with Crippen LogP contribution >= 0.6 is 0 Å². The number of amides is 2. The number of hydrogen-bond donors (Lipinski definition) is 1. The third-order valence-corrected chi connectivity index (χ3v) is 8.33. The molecule has 1 N–H and O–H groups in total. The number of rotatable bonds is 5. The van der Waals surface area contributed by atoms with Crippen LogP contribution in [0.3, 0.4) is 0 Å². The molecule has 1 spiro atoms. The van der Waals surface area contributed by atoms with E-state index in [9.17, 15) is 9.59 Å². The fraction of sp³-hybridized carbons (Fsp3) is 0.500. The van der Waals surface area contributed by atoms with Crippen LogP contribution in [0.4, 0.5) is 0 Å². The minimum atomic E-state index is -0.0235. The van der Waals surface area contributed by atoms with Crippen LogP contribution < -0.4 is 10.1 Å². The highest BCUT2D eigenvalue weighted by Crippen LogP contribution is 2.52. The number of ether oxygens (including phenoxy) is 1. The highest BCUT2D eigenvalue weighted by molar-refractivity contribution is 5.94. The Morgan fingerprint density at radius 2 is 1.85 bits per heavy atom. The Kier molecular flexibility index (Phi) is 6.13. The molecule has 0 unspecified atom stereocenters. The van der Waals surface area contributed by atoms with Crippen molar-refractivity contribution in [2.24, 2.45) is 11.8 Å². The summed E-state index contributed by atoms with van der Waals surface area (Å²) in [6.07, 6.45) is 7.72. The second-order valence-electron chi connectivity index (χ2n) is 9.95. The van der Waals surface area contributed by atoms with Crippen molar-refractivity contribution < 1.29 is 14.3 Å². The van der Waals surface area contributed by atoms with Crippen molar-refractivity contribution in [1.82, 2.24) is 10.2 Å². The predicted octanol–water partition coefficient (Wildman–Crippen LogP) is 4.61. The summed E-state index contributed by atoms with van der Waals surface area (Å²) in [6, 6.07) is 18.1. The minimum absolute atomic E-state index is 0.0195. The van der Waals surface area contributed by atoms with Gasteiger partial charge in [0.1, 0.15) is 5.75 Å². The molecule has 5 nitrogen and oxygen atoms in total. The first-order chi connectivity index (χ1) is 16.1. The van der Waals surface area contributed by atoms with Gasteiger partial charge in [0, 0.05) is 30.1 Å². The van der Waals surface area contributed by atoms with Gasteiger partial charge in [-0.3, -0.25) is 9.59 Å². The number of methoxy groups -OCH3 is 1. The maximum absolute atomic E-state index is 13.2. The molecule has 2 aromatic rings. The van der Waals surface area contributed by atoms with Crippen molar-refractivity contribution in [1.29, 1.82) is 0 Å². The molecule has 33 heavy (non-hydrogen) atoms. The third kappa shape index (κ3) is 4.14. The number of carbonyl (C=O) groups is 2. The quantitative estimate of drug-likeness (QED) is 0.730. The lowest BCUT2D eigenvalue weighted by molar-refractivity contribution is -0.138.